The molecule has 128 valence electrons. The van der Waals surface area contributed by atoms with Gasteiger partial charge in [-0.3, -0.25) is 9.69 Å². The number of fused-ring (bicyclic) bond motifs is 1. The summed E-state index contributed by atoms with van der Waals surface area (Å²) in [5.41, 5.74) is 1.91. The van der Waals surface area contributed by atoms with Gasteiger partial charge in [-0.25, -0.2) is 0 Å². The van der Waals surface area contributed by atoms with E-state index < -0.39 is 0 Å². The van der Waals surface area contributed by atoms with Crippen LogP contribution >= 0.6 is 12.4 Å². The van der Waals surface area contributed by atoms with Crippen molar-refractivity contribution in [1.82, 2.24) is 10.2 Å². The average molecular weight is 339 g/mol. The molecule has 0 aliphatic carbocycles. The van der Waals surface area contributed by atoms with Crippen molar-refractivity contribution >= 4 is 18.2 Å². The van der Waals surface area contributed by atoms with Crippen LogP contribution < -0.4 is 10.1 Å². The fourth-order valence-electron chi connectivity index (χ4n) is 3.73. The summed E-state index contributed by atoms with van der Waals surface area (Å²) in [6.45, 7) is 8.57. The molecule has 0 spiro atoms. The Morgan fingerprint density at radius 1 is 1.39 bits per heavy atom. The third-order valence-electron chi connectivity index (χ3n) is 4.90. The molecule has 1 aromatic rings. The van der Waals surface area contributed by atoms with E-state index in [-0.39, 0.29) is 18.2 Å². The predicted molar refractivity (Wildman–Crippen MR) is 94.7 cm³/mol. The topological polar surface area (TPSA) is 41.6 Å². The molecule has 2 saturated heterocycles. The van der Waals surface area contributed by atoms with Crippen molar-refractivity contribution in [2.75, 3.05) is 26.2 Å². The van der Waals surface area contributed by atoms with E-state index in [1.807, 2.05) is 25.1 Å². The highest BCUT2D eigenvalue weighted by molar-refractivity contribution is 5.94. The van der Waals surface area contributed by atoms with Gasteiger partial charge in [0.05, 0.1) is 6.61 Å². The second-order valence-corrected chi connectivity index (χ2v) is 6.44. The number of hydrogen-bond acceptors (Lipinski definition) is 4. The van der Waals surface area contributed by atoms with Crippen LogP contribution in [0.2, 0.25) is 0 Å². The summed E-state index contributed by atoms with van der Waals surface area (Å²) in [5, 5.41) is 3.60. The first-order valence-corrected chi connectivity index (χ1v) is 8.39. The van der Waals surface area contributed by atoms with Crippen LogP contribution in [0.15, 0.2) is 18.2 Å². The molecule has 23 heavy (non-hydrogen) atoms. The van der Waals surface area contributed by atoms with E-state index in [1.54, 1.807) is 6.92 Å². The third-order valence-corrected chi connectivity index (χ3v) is 4.90. The van der Waals surface area contributed by atoms with Gasteiger partial charge in [-0.05, 0) is 63.9 Å². The molecule has 2 unspecified atom stereocenters. The lowest BCUT2D eigenvalue weighted by Crippen LogP contribution is -2.43. The summed E-state index contributed by atoms with van der Waals surface area (Å²) >= 11 is 0. The molecular weight excluding hydrogens is 312 g/mol. The van der Waals surface area contributed by atoms with Gasteiger partial charge in [-0.15, -0.1) is 12.4 Å². The molecule has 0 amide bonds. The van der Waals surface area contributed by atoms with Gasteiger partial charge in [-0.1, -0.05) is 0 Å². The van der Waals surface area contributed by atoms with E-state index in [4.69, 9.17) is 4.74 Å². The number of Topliss-reactive ketones (excluding diaryl/α,β-unsaturated/α-hetero) is 1. The van der Waals surface area contributed by atoms with Crippen LogP contribution in [0.4, 0.5) is 0 Å². The SMILES string of the molecule is CCOc1ccc(C(C)=O)cc1CN1CCC2NCCC2C1.Cl. The molecule has 0 radical (unpaired) electrons. The lowest BCUT2D eigenvalue weighted by Gasteiger charge is -2.35. The molecule has 0 aromatic heterocycles. The Morgan fingerprint density at radius 2 is 2.22 bits per heavy atom. The maximum Gasteiger partial charge on any atom is 0.159 e. The number of ether oxygens (including phenoxy) is 1. The number of hydrogen-bond donors (Lipinski definition) is 1. The van der Waals surface area contributed by atoms with Crippen molar-refractivity contribution in [3.05, 3.63) is 29.3 Å². The summed E-state index contributed by atoms with van der Waals surface area (Å²) in [6.07, 6.45) is 2.51. The van der Waals surface area contributed by atoms with Crippen LogP contribution in [0.3, 0.4) is 0 Å². The van der Waals surface area contributed by atoms with Gasteiger partial charge in [0.25, 0.3) is 0 Å². The van der Waals surface area contributed by atoms with Crippen LogP contribution in [0.5, 0.6) is 5.75 Å². The molecule has 5 heteroatoms. The predicted octanol–water partition coefficient (Wildman–Crippen LogP) is 2.89. The molecule has 0 saturated carbocycles. The van der Waals surface area contributed by atoms with Crippen LogP contribution in [0, 0.1) is 5.92 Å². The van der Waals surface area contributed by atoms with E-state index in [0.717, 1.165) is 49.0 Å². The van der Waals surface area contributed by atoms with Gasteiger partial charge in [0, 0.05) is 30.3 Å². The van der Waals surface area contributed by atoms with Gasteiger partial charge in [0.15, 0.2) is 5.78 Å². The number of piperidine rings is 1. The van der Waals surface area contributed by atoms with Crippen molar-refractivity contribution in [2.45, 2.75) is 39.3 Å². The minimum absolute atomic E-state index is 0. The Bertz CT molecular complexity index is 550. The molecule has 3 rings (SSSR count). The maximum absolute atomic E-state index is 11.6. The summed E-state index contributed by atoms with van der Waals surface area (Å²) < 4.78 is 5.75. The Morgan fingerprint density at radius 3 is 2.96 bits per heavy atom. The fraction of sp³-hybridized carbons (Fsp3) is 0.611. The first kappa shape index (κ1) is 18.2. The Kier molecular flexibility index (Phi) is 6.45. The summed E-state index contributed by atoms with van der Waals surface area (Å²) in [7, 11) is 0. The molecule has 2 heterocycles. The minimum Gasteiger partial charge on any atom is -0.494 e. The lowest BCUT2D eigenvalue weighted by atomic mass is 9.93. The highest BCUT2D eigenvalue weighted by Crippen LogP contribution is 2.28. The van der Waals surface area contributed by atoms with E-state index in [1.165, 1.54) is 12.8 Å². The van der Waals surface area contributed by atoms with Crippen molar-refractivity contribution in [3.8, 4) is 5.75 Å². The quantitative estimate of drug-likeness (QED) is 0.838. The number of nitrogens with one attached hydrogen (secondary N) is 1. The Hall–Kier alpha value is -1.10. The molecule has 1 N–H and O–H groups in total. The van der Waals surface area contributed by atoms with Gasteiger partial charge in [0.1, 0.15) is 5.75 Å². The Labute approximate surface area is 145 Å². The van der Waals surface area contributed by atoms with Gasteiger partial charge in [0.2, 0.25) is 0 Å². The number of carbonyl (C=O) groups is 1. The summed E-state index contributed by atoms with van der Waals surface area (Å²) in [4.78, 5) is 14.2. The molecular formula is C18H27ClN2O2. The van der Waals surface area contributed by atoms with Crippen LogP contribution in [-0.4, -0.2) is 43.0 Å². The van der Waals surface area contributed by atoms with Crippen LogP contribution in [-0.2, 0) is 6.54 Å². The lowest BCUT2D eigenvalue weighted by molar-refractivity contribution is 0.101. The normalized spacial score (nSPS) is 23.9. The molecule has 2 aliphatic heterocycles. The van der Waals surface area contributed by atoms with Gasteiger partial charge >= 0.3 is 0 Å². The zero-order valence-electron chi connectivity index (χ0n) is 14.0. The van der Waals surface area contributed by atoms with Gasteiger partial charge < -0.3 is 10.1 Å². The minimum atomic E-state index is 0. The number of rotatable bonds is 5. The van der Waals surface area contributed by atoms with Crippen molar-refractivity contribution < 1.29 is 9.53 Å². The first-order valence-electron chi connectivity index (χ1n) is 8.39. The molecule has 0 bridgehead atoms. The van der Waals surface area contributed by atoms with Crippen molar-refractivity contribution in [2.24, 2.45) is 5.92 Å². The smallest absolute Gasteiger partial charge is 0.159 e. The van der Waals surface area contributed by atoms with Crippen molar-refractivity contribution in [3.63, 3.8) is 0 Å². The first-order chi connectivity index (χ1) is 10.7. The zero-order chi connectivity index (χ0) is 15.5. The second kappa shape index (κ2) is 8.13. The molecule has 2 aliphatic rings. The van der Waals surface area contributed by atoms with E-state index in [2.05, 4.69) is 10.2 Å². The fourth-order valence-corrected chi connectivity index (χ4v) is 3.73. The molecule has 2 fully saturated rings. The number of ketones is 1. The molecule has 4 nitrogen and oxygen atoms in total. The second-order valence-electron chi connectivity index (χ2n) is 6.44. The highest BCUT2D eigenvalue weighted by Gasteiger charge is 2.32. The average Bonchev–Trinajstić information content (AvgIpc) is 2.96. The zero-order valence-corrected chi connectivity index (χ0v) is 14.8. The van der Waals surface area contributed by atoms with E-state index in [0.29, 0.717) is 12.6 Å². The standard InChI is InChI=1S/C18H26N2O2.ClH/c1-3-22-18-5-4-14(13(2)21)10-16(18)12-20-9-7-17-15(11-20)6-8-19-17;/h4-5,10,15,17,19H,3,6-9,11-12H2,1-2H3;1H. The largest absolute Gasteiger partial charge is 0.494 e. The third kappa shape index (κ3) is 4.25. The summed E-state index contributed by atoms with van der Waals surface area (Å²) in [6, 6.07) is 6.53. The monoisotopic (exact) mass is 338 g/mol. The van der Waals surface area contributed by atoms with Crippen LogP contribution in [0.25, 0.3) is 0 Å². The van der Waals surface area contributed by atoms with Gasteiger partial charge in [-0.2, -0.15) is 0 Å². The molecule has 2 atom stereocenters. The van der Waals surface area contributed by atoms with Crippen LogP contribution in [0.1, 0.15) is 42.6 Å². The summed E-state index contributed by atoms with van der Waals surface area (Å²) in [5.74, 6) is 1.81. The van der Waals surface area contributed by atoms with E-state index in [9.17, 15) is 4.79 Å². The van der Waals surface area contributed by atoms with E-state index >= 15 is 0 Å². The van der Waals surface area contributed by atoms with Crippen molar-refractivity contribution in [1.29, 1.82) is 0 Å². The number of halogens is 1. The molecule has 1 aromatic carbocycles. The number of likely N-dealkylation sites (tertiary alicyclic amines) is 1. The number of benzene rings is 1. The Balaban J connectivity index is 0.00000192. The number of carbonyl (C=O) groups excluding carboxylic acids is 1. The maximum atomic E-state index is 11.6. The number of nitrogens with zero attached hydrogens (tertiary/aromatic N) is 1. The highest BCUT2D eigenvalue weighted by atomic mass is 35.5.